The molecule has 1 amide bonds. The summed E-state index contributed by atoms with van der Waals surface area (Å²) in [6.07, 6.45) is 0. The van der Waals surface area contributed by atoms with Crippen molar-refractivity contribution in [3.8, 4) is 17.2 Å². The Morgan fingerprint density at radius 3 is 1.77 bits per heavy atom. The molecule has 0 atom stereocenters. The van der Waals surface area contributed by atoms with Gasteiger partial charge in [0.2, 0.25) is 15.9 Å². The van der Waals surface area contributed by atoms with Crippen LogP contribution in [0.2, 0.25) is 0 Å². The van der Waals surface area contributed by atoms with Crippen LogP contribution in [0.1, 0.15) is 6.92 Å². The van der Waals surface area contributed by atoms with Crippen LogP contribution in [0.15, 0.2) is 89.7 Å². The number of hydrogen-bond acceptors (Lipinski definition) is 16. The Morgan fingerprint density at radius 2 is 1.30 bits per heavy atom. The lowest BCUT2D eigenvalue weighted by molar-refractivity contribution is -0.114. The van der Waals surface area contributed by atoms with Crippen LogP contribution in [-0.4, -0.2) is 100 Å². The Kier molecular flexibility index (Phi) is 12.5. The first-order valence-electron chi connectivity index (χ1n) is 14.8. The number of azo groups is 2. The van der Waals surface area contributed by atoms with Crippen LogP contribution in [0, 0.1) is 0 Å². The molecule has 53 heavy (non-hydrogen) atoms. The first kappa shape index (κ1) is 40.6. The molecule has 284 valence electrons. The highest BCUT2D eigenvalue weighted by atomic mass is 32.2. The number of ether oxygens (including phenoxy) is 2. The molecule has 6 N–H and O–H groups in total. The summed E-state index contributed by atoms with van der Waals surface area (Å²) in [5.41, 5.74) is -0.987. The fourth-order valence-corrected chi connectivity index (χ4v) is 7.46. The summed E-state index contributed by atoms with van der Waals surface area (Å²) in [7, 11) is -11.6. The number of nitrogens with one attached hydrogen (secondary N) is 1. The quantitative estimate of drug-likeness (QED) is 0.0736. The van der Waals surface area contributed by atoms with E-state index in [0.29, 0.717) is 0 Å². The number of aliphatic hydroxyl groups is 2. The van der Waals surface area contributed by atoms with E-state index in [1.807, 2.05) is 0 Å². The van der Waals surface area contributed by atoms with Crippen molar-refractivity contribution in [2.75, 3.05) is 45.8 Å². The van der Waals surface area contributed by atoms with Gasteiger partial charge in [-0.05, 0) is 47.9 Å². The molecular weight excluding hydrogens is 765 g/mol. The number of fused-ring (bicyclic) bond motifs is 1. The second-order valence-electron chi connectivity index (χ2n) is 10.7. The van der Waals surface area contributed by atoms with Gasteiger partial charge in [0.05, 0.1) is 48.6 Å². The molecule has 20 nitrogen and oxygen atoms in total. The standard InChI is InChI=1S/C30H32N6O14S3/c1-17(39)31-24-14-21(52(43,44)45)12-18-13-27(53(46,47)48)29(30(40)28(18)24)35-34-23-16-25(49-2)22(15-26(23)50-3)33-32-19-4-6-20(7-5-19)51(41,42)36(8-10-37)9-11-38/h4-7,12-16,37-38,40H,8-11H2,1-3H3,(H,31,39)(H,43,44,45)(H,46,47,48). The summed E-state index contributed by atoms with van der Waals surface area (Å²) in [4.78, 5) is 10.00. The van der Waals surface area contributed by atoms with Gasteiger partial charge >= 0.3 is 0 Å². The smallest absolute Gasteiger partial charge is 0.296 e. The summed E-state index contributed by atoms with van der Waals surface area (Å²) in [5, 5.41) is 47.3. The normalized spacial score (nSPS) is 12.6. The molecule has 0 aliphatic heterocycles. The number of carbonyl (C=O) groups excluding carboxylic acids is 1. The largest absolute Gasteiger partial charge is 0.505 e. The molecule has 0 saturated carbocycles. The summed E-state index contributed by atoms with van der Waals surface area (Å²) in [6, 6.07) is 10.2. The van der Waals surface area contributed by atoms with Gasteiger partial charge in [-0.2, -0.15) is 26.3 Å². The number of hydrogen-bond donors (Lipinski definition) is 6. The van der Waals surface area contributed by atoms with E-state index >= 15 is 0 Å². The highest BCUT2D eigenvalue weighted by Crippen LogP contribution is 2.46. The number of aromatic hydroxyl groups is 1. The van der Waals surface area contributed by atoms with Crippen molar-refractivity contribution in [1.82, 2.24) is 4.31 Å². The average Bonchev–Trinajstić information content (AvgIpc) is 3.08. The monoisotopic (exact) mass is 796 g/mol. The van der Waals surface area contributed by atoms with Crippen LogP contribution in [0.4, 0.5) is 28.4 Å². The van der Waals surface area contributed by atoms with Crippen molar-refractivity contribution >= 4 is 75.4 Å². The molecule has 0 radical (unpaired) electrons. The number of aliphatic hydroxyl groups excluding tert-OH is 2. The van der Waals surface area contributed by atoms with E-state index in [-0.39, 0.29) is 63.0 Å². The summed E-state index contributed by atoms with van der Waals surface area (Å²) >= 11 is 0. The van der Waals surface area contributed by atoms with Gasteiger partial charge in [-0.1, -0.05) is 0 Å². The van der Waals surface area contributed by atoms with Gasteiger partial charge < -0.3 is 30.1 Å². The van der Waals surface area contributed by atoms with Crippen molar-refractivity contribution in [1.29, 1.82) is 0 Å². The lowest BCUT2D eigenvalue weighted by Gasteiger charge is -2.20. The zero-order chi connectivity index (χ0) is 39.3. The molecule has 0 saturated heterocycles. The minimum absolute atomic E-state index is 0.0248. The van der Waals surface area contributed by atoms with Gasteiger partial charge in [-0.3, -0.25) is 13.9 Å². The van der Waals surface area contributed by atoms with Crippen molar-refractivity contribution < 1.29 is 63.9 Å². The predicted molar refractivity (Wildman–Crippen MR) is 187 cm³/mol. The van der Waals surface area contributed by atoms with Crippen molar-refractivity contribution in [3.05, 3.63) is 54.6 Å². The van der Waals surface area contributed by atoms with Crippen LogP contribution >= 0.6 is 0 Å². The molecule has 23 heteroatoms. The second-order valence-corrected chi connectivity index (χ2v) is 15.5. The molecule has 4 rings (SSSR count). The number of sulfonamides is 1. The number of carbonyl (C=O) groups is 1. The van der Waals surface area contributed by atoms with Crippen LogP contribution < -0.4 is 14.8 Å². The predicted octanol–water partition coefficient (Wildman–Crippen LogP) is 3.82. The maximum absolute atomic E-state index is 12.9. The molecule has 4 aromatic rings. The molecule has 0 aliphatic carbocycles. The zero-order valence-corrected chi connectivity index (χ0v) is 30.3. The topological polar surface area (TPSA) is 304 Å². The minimum Gasteiger partial charge on any atom is -0.505 e. The number of phenolic OH excluding ortho intramolecular Hbond substituents is 1. The van der Waals surface area contributed by atoms with E-state index in [1.54, 1.807) is 0 Å². The molecule has 0 bridgehead atoms. The molecular formula is C30H32N6O14S3. The fourth-order valence-electron chi connectivity index (χ4n) is 4.84. The minimum atomic E-state index is -5.18. The van der Waals surface area contributed by atoms with Gasteiger partial charge in [0, 0.05) is 37.5 Å². The number of benzene rings is 4. The Hall–Kier alpha value is -5.14. The maximum Gasteiger partial charge on any atom is 0.296 e. The van der Waals surface area contributed by atoms with Gasteiger partial charge in [-0.25, -0.2) is 8.42 Å². The van der Waals surface area contributed by atoms with E-state index < -0.39 is 70.6 Å². The van der Waals surface area contributed by atoms with Crippen LogP contribution in [0.3, 0.4) is 0 Å². The Labute approximate surface area is 302 Å². The molecule has 0 aliphatic rings. The molecule has 4 aromatic carbocycles. The van der Waals surface area contributed by atoms with E-state index in [0.717, 1.165) is 29.4 Å². The average molecular weight is 797 g/mol. The number of methoxy groups -OCH3 is 2. The van der Waals surface area contributed by atoms with E-state index in [1.165, 1.54) is 50.6 Å². The van der Waals surface area contributed by atoms with Crippen LogP contribution in [0.25, 0.3) is 10.8 Å². The number of amides is 1. The van der Waals surface area contributed by atoms with Gasteiger partial charge in [-0.15, -0.1) is 15.3 Å². The molecule has 0 fully saturated rings. The first-order valence-corrected chi connectivity index (χ1v) is 19.2. The highest BCUT2D eigenvalue weighted by Gasteiger charge is 2.26. The van der Waals surface area contributed by atoms with E-state index in [2.05, 4.69) is 25.8 Å². The SMILES string of the molecule is COc1cc(N=Nc2c(S(=O)(=O)O)cc3cc(S(=O)(=O)O)cc(NC(C)=O)c3c2O)c(OC)cc1N=Nc1ccc(S(=O)(=O)N(CCO)CCO)cc1. The lowest BCUT2D eigenvalue weighted by Crippen LogP contribution is -2.35. The van der Waals surface area contributed by atoms with Crippen LogP contribution in [0.5, 0.6) is 17.2 Å². The van der Waals surface area contributed by atoms with Gasteiger partial charge in [0.25, 0.3) is 20.2 Å². The lowest BCUT2D eigenvalue weighted by atomic mass is 10.1. The third-order valence-electron chi connectivity index (χ3n) is 7.19. The van der Waals surface area contributed by atoms with Gasteiger partial charge in [0.15, 0.2) is 5.75 Å². The number of nitrogens with zero attached hydrogens (tertiary/aromatic N) is 5. The first-order chi connectivity index (χ1) is 24.8. The number of rotatable bonds is 15. The zero-order valence-electron chi connectivity index (χ0n) is 27.9. The van der Waals surface area contributed by atoms with Crippen molar-refractivity contribution in [2.45, 2.75) is 21.6 Å². The fraction of sp³-hybridized carbons (Fsp3) is 0.233. The Balaban J connectivity index is 1.78. The van der Waals surface area contributed by atoms with Gasteiger partial charge in [0.1, 0.15) is 33.5 Å². The van der Waals surface area contributed by atoms with Crippen LogP contribution in [-0.2, 0) is 35.1 Å². The van der Waals surface area contributed by atoms with E-state index in [9.17, 15) is 54.5 Å². The summed E-state index contributed by atoms with van der Waals surface area (Å²) in [6.45, 7) is -0.257. The molecule has 0 aromatic heterocycles. The number of phenols is 1. The number of anilines is 1. The maximum atomic E-state index is 12.9. The second kappa shape index (κ2) is 16.3. The highest BCUT2D eigenvalue weighted by molar-refractivity contribution is 7.89. The third kappa shape index (κ3) is 9.27. The van der Waals surface area contributed by atoms with Crippen molar-refractivity contribution in [2.24, 2.45) is 20.5 Å². The molecule has 0 heterocycles. The molecule has 0 unspecified atom stereocenters. The summed E-state index contributed by atoms with van der Waals surface area (Å²) in [5.74, 6) is -1.66. The molecule has 0 spiro atoms. The third-order valence-corrected chi connectivity index (χ3v) is 10.8. The van der Waals surface area contributed by atoms with E-state index in [4.69, 9.17) is 9.47 Å². The summed E-state index contributed by atoms with van der Waals surface area (Å²) < 4.78 is 106. The van der Waals surface area contributed by atoms with Crippen molar-refractivity contribution in [3.63, 3.8) is 0 Å². The Bertz CT molecular complexity index is 2430. The Morgan fingerprint density at radius 1 is 0.755 bits per heavy atom.